The van der Waals surface area contributed by atoms with Crippen molar-refractivity contribution in [3.8, 4) is 17.6 Å². The van der Waals surface area contributed by atoms with E-state index < -0.39 is 23.8 Å². The monoisotopic (exact) mass is 825 g/mol. The zero-order valence-corrected chi connectivity index (χ0v) is 35.1. The second kappa shape index (κ2) is 14.3. The van der Waals surface area contributed by atoms with E-state index in [1.54, 1.807) is 18.2 Å². The number of hydrogen-bond donors (Lipinski definition) is 2. The molecule has 3 aliphatic heterocycles. The number of piperidine rings is 1. The molecule has 5 fully saturated rings. The van der Waals surface area contributed by atoms with Gasteiger partial charge in [0.15, 0.2) is 0 Å². The number of nitrogens with zero attached hydrogens (tertiary/aromatic N) is 3. The number of carbonyl (C=O) groups excluding carboxylic acids is 5. The number of amides is 5. The number of fused-ring (bicyclic) bond motifs is 5. The summed E-state index contributed by atoms with van der Waals surface area (Å²) in [5.41, 5.74) is 4.12. The van der Waals surface area contributed by atoms with Crippen LogP contribution in [0.3, 0.4) is 0 Å². The average molecular weight is 826 g/mol. The van der Waals surface area contributed by atoms with Gasteiger partial charge in [-0.15, -0.1) is 0 Å². The predicted octanol–water partition coefficient (Wildman–Crippen LogP) is 7.61. The lowest BCUT2D eigenvalue weighted by molar-refractivity contribution is -0.164. The average Bonchev–Trinajstić information content (AvgIpc) is 3.73. The van der Waals surface area contributed by atoms with E-state index in [-0.39, 0.29) is 58.5 Å². The summed E-state index contributed by atoms with van der Waals surface area (Å²) in [4.78, 5) is 71.4. The fraction of sp³-hybridized carbons (Fsp3) is 0.458. The van der Waals surface area contributed by atoms with E-state index in [2.05, 4.69) is 59.9 Å². The minimum absolute atomic E-state index is 0.00791. The van der Waals surface area contributed by atoms with Crippen molar-refractivity contribution < 1.29 is 28.7 Å². The molecule has 10 rings (SSSR count). The van der Waals surface area contributed by atoms with Gasteiger partial charge in [0.25, 0.3) is 17.7 Å². The molecule has 12 heteroatoms. The molecular formula is C48H48ClN5O6. The molecule has 2 N–H and O–H groups in total. The van der Waals surface area contributed by atoms with Crippen LogP contribution in [0.15, 0.2) is 54.6 Å². The Kier molecular flexibility index (Phi) is 9.53. The van der Waals surface area contributed by atoms with E-state index in [0.717, 1.165) is 66.7 Å². The Bertz CT molecular complexity index is 2410. The Hall–Kier alpha value is -5.49. The summed E-state index contributed by atoms with van der Waals surface area (Å²) < 4.78 is 6.39. The largest absolute Gasteiger partial charge is 0.489 e. The van der Waals surface area contributed by atoms with Gasteiger partial charge in [0.1, 0.15) is 17.9 Å². The van der Waals surface area contributed by atoms with Crippen molar-refractivity contribution in [1.82, 2.24) is 20.4 Å². The fourth-order valence-corrected chi connectivity index (χ4v) is 11.6. The van der Waals surface area contributed by atoms with Crippen molar-refractivity contribution in [2.75, 3.05) is 6.54 Å². The molecule has 7 aliphatic rings. The Morgan fingerprint density at radius 2 is 1.52 bits per heavy atom. The number of carbonyl (C=O) groups is 5. The van der Waals surface area contributed by atoms with Gasteiger partial charge >= 0.3 is 0 Å². The van der Waals surface area contributed by atoms with Crippen molar-refractivity contribution in [2.45, 2.75) is 110 Å². The van der Waals surface area contributed by atoms with Crippen molar-refractivity contribution in [2.24, 2.45) is 21.7 Å². The molecule has 3 aromatic carbocycles. The summed E-state index contributed by atoms with van der Waals surface area (Å²) in [6, 6.07) is 15.2. The van der Waals surface area contributed by atoms with Gasteiger partial charge in [-0.3, -0.25) is 39.1 Å². The highest BCUT2D eigenvalue weighted by molar-refractivity contribution is 6.33. The smallest absolute Gasteiger partial charge is 0.262 e. The Balaban J connectivity index is 0.781. The van der Waals surface area contributed by atoms with E-state index in [4.69, 9.17) is 22.9 Å². The molecular weight excluding hydrogens is 778 g/mol. The SMILES string of the molecule is [C-]#[N+]c1ccc(OC2C(C)(C)C(NC(=O)c3ccc(C#CC45CCC(CN6Cc7cc8c(cc7C6)C(=O)N(C6CCC(=O)NC6=O)C8=O)(CC4)CC5)cc3)C2(C)C)cc1Cl. The molecule has 1 saturated heterocycles. The molecule has 2 bridgehead atoms. The predicted molar refractivity (Wildman–Crippen MR) is 224 cm³/mol. The summed E-state index contributed by atoms with van der Waals surface area (Å²) in [5.74, 6) is 5.68. The summed E-state index contributed by atoms with van der Waals surface area (Å²) in [7, 11) is 0. The molecule has 0 spiro atoms. The first-order valence-corrected chi connectivity index (χ1v) is 21.3. The number of imide groups is 2. The van der Waals surface area contributed by atoms with Crippen LogP contribution in [0.4, 0.5) is 5.69 Å². The summed E-state index contributed by atoms with van der Waals surface area (Å²) in [5, 5.41) is 5.88. The molecule has 3 aromatic rings. The molecule has 0 aromatic heterocycles. The minimum Gasteiger partial charge on any atom is -0.489 e. The van der Waals surface area contributed by atoms with Crippen LogP contribution in [-0.2, 0) is 22.7 Å². The second-order valence-corrected chi connectivity index (χ2v) is 19.5. The lowest BCUT2D eigenvalue weighted by Gasteiger charge is -2.63. The van der Waals surface area contributed by atoms with Crippen molar-refractivity contribution in [3.05, 3.63) is 104 Å². The lowest BCUT2D eigenvalue weighted by atomic mass is 9.49. The van der Waals surface area contributed by atoms with Gasteiger partial charge in [0.05, 0.1) is 22.7 Å². The van der Waals surface area contributed by atoms with Gasteiger partial charge in [0, 0.05) is 59.5 Å². The fourth-order valence-electron chi connectivity index (χ4n) is 11.4. The second-order valence-electron chi connectivity index (χ2n) is 19.1. The van der Waals surface area contributed by atoms with Gasteiger partial charge in [-0.05, 0) is 110 Å². The number of ether oxygens (including phenoxy) is 1. The van der Waals surface area contributed by atoms with Crippen LogP contribution in [0, 0.1) is 40.1 Å². The highest BCUT2D eigenvalue weighted by Gasteiger charge is 2.64. The number of nitrogens with one attached hydrogen (secondary N) is 2. The Morgan fingerprint density at radius 1 is 0.900 bits per heavy atom. The normalized spacial score (nSPS) is 28.5. The quantitative estimate of drug-likeness (QED) is 0.143. The molecule has 5 amide bonds. The maximum Gasteiger partial charge on any atom is 0.262 e. The van der Waals surface area contributed by atoms with Crippen LogP contribution in [0.2, 0.25) is 5.02 Å². The van der Waals surface area contributed by atoms with Crippen LogP contribution in [0.5, 0.6) is 5.75 Å². The number of halogens is 1. The molecule has 0 radical (unpaired) electrons. The van der Waals surface area contributed by atoms with Gasteiger partial charge in [0.2, 0.25) is 17.5 Å². The first-order chi connectivity index (χ1) is 28.5. The summed E-state index contributed by atoms with van der Waals surface area (Å²) >= 11 is 6.26. The van der Waals surface area contributed by atoms with Crippen LogP contribution >= 0.6 is 11.6 Å². The van der Waals surface area contributed by atoms with Crippen molar-refractivity contribution in [1.29, 1.82) is 0 Å². The highest BCUT2D eigenvalue weighted by Crippen LogP contribution is 2.58. The van der Waals surface area contributed by atoms with Gasteiger partial charge < -0.3 is 10.1 Å². The Labute approximate surface area is 355 Å². The standard InChI is InChI=1S/C48H48ClN5O6/c1-45(2)43(46(3,4)44(45)60-32-10-11-36(50-5)35(49)24-32)52-39(56)29-8-6-28(7-9-29)14-15-47-16-19-48(20-17-47,21-18-47)27-53-25-30-22-33-34(23-31(30)26-53)42(59)54(41(33)58)37-12-13-38(55)51-40(37)57/h6-11,22-24,37,43-44H,12-13,16-21,25-27H2,1-4H3,(H,52,56)(H,51,55,57). The molecule has 4 aliphatic carbocycles. The van der Waals surface area contributed by atoms with Crippen LogP contribution in [-0.4, -0.2) is 64.1 Å². The molecule has 11 nitrogen and oxygen atoms in total. The van der Waals surface area contributed by atoms with Crippen LogP contribution in [0.25, 0.3) is 4.85 Å². The van der Waals surface area contributed by atoms with E-state index in [1.807, 2.05) is 36.4 Å². The number of hydrogen-bond acceptors (Lipinski definition) is 7. The lowest BCUT2D eigenvalue weighted by Crippen LogP contribution is -2.74. The number of rotatable bonds is 7. The highest BCUT2D eigenvalue weighted by atomic mass is 35.5. The van der Waals surface area contributed by atoms with E-state index in [9.17, 15) is 24.0 Å². The van der Waals surface area contributed by atoms with E-state index in [1.165, 1.54) is 0 Å². The molecule has 308 valence electrons. The molecule has 60 heavy (non-hydrogen) atoms. The number of benzene rings is 3. The van der Waals surface area contributed by atoms with Crippen molar-refractivity contribution >= 4 is 46.8 Å². The summed E-state index contributed by atoms with van der Waals surface area (Å²) in [6.45, 7) is 18.0. The zero-order chi connectivity index (χ0) is 42.4. The summed E-state index contributed by atoms with van der Waals surface area (Å²) in [6.07, 6.45) is 6.50. The maximum atomic E-state index is 13.5. The van der Waals surface area contributed by atoms with Crippen LogP contribution < -0.4 is 15.4 Å². The van der Waals surface area contributed by atoms with E-state index >= 15 is 0 Å². The molecule has 1 atom stereocenters. The van der Waals surface area contributed by atoms with Gasteiger partial charge in [-0.2, -0.15) is 0 Å². The first kappa shape index (κ1) is 39.9. The maximum absolute atomic E-state index is 13.5. The van der Waals surface area contributed by atoms with Gasteiger partial charge in [-0.1, -0.05) is 57.2 Å². The molecule has 4 saturated carbocycles. The third-order valence-corrected chi connectivity index (χ3v) is 14.8. The Morgan fingerprint density at radius 3 is 2.08 bits per heavy atom. The topological polar surface area (TPSA) is 129 Å². The van der Waals surface area contributed by atoms with Crippen molar-refractivity contribution in [3.63, 3.8) is 0 Å². The third kappa shape index (κ3) is 6.67. The molecule has 1 unspecified atom stereocenters. The minimum atomic E-state index is -0.964. The van der Waals surface area contributed by atoms with E-state index in [0.29, 0.717) is 46.2 Å². The third-order valence-electron chi connectivity index (χ3n) is 14.5. The zero-order valence-electron chi connectivity index (χ0n) is 34.4. The van der Waals surface area contributed by atoms with Crippen LogP contribution in [0.1, 0.15) is 127 Å². The van der Waals surface area contributed by atoms with Gasteiger partial charge in [-0.25, -0.2) is 4.85 Å². The molecule has 3 heterocycles. The first-order valence-electron chi connectivity index (χ1n) is 20.9.